The van der Waals surface area contributed by atoms with Crippen LogP contribution in [0.2, 0.25) is 0 Å². The van der Waals surface area contributed by atoms with Crippen LogP contribution in [0.1, 0.15) is 32.8 Å². The van der Waals surface area contributed by atoms with Crippen molar-refractivity contribution in [3.63, 3.8) is 0 Å². The average Bonchev–Trinajstić information content (AvgIpc) is 2.81. The fourth-order valence-electron chi connectivity index (χ4n) is 2.67. The van der Waals surface area contributed by atoms with E-state index in [1.807, 2.05) is 4.90 Å². The monoisotopic (exact) mass is 268 g/mol. The molecular weight excluding hydrogens is 246 g/mol. The first-order valence-corrected chi connectivity index (χ1v) is 6.76. The molecule has 1 aromatic carbocycles. The summed E-state index contributed by atoms with van der Waals surface area (Å²) in [5.41, 5.74) is 6.17. The van der Waals surface area contributed by atoms with Crippen LogP contribution in [0.3, 0.4) is 0 Å². The first-order chi connectivity index (χ1) is 8.84. The summed E-state index contributed by atoms with van der Waals surface area (Å²) in [7, 11) is 0. The Balaban J connectivity index is 2.23. The van der Waals surface area contributed by atoms with Crippen molar-refractivity contribution in [1.82, 2.24) is 0 Å². The molecule has 1 saturated heterocycles. The minimum atomic E-state index is -0.806. The Morgan fingerprint density at radius 2 is 1.95 bits per heavy atom. The van der Waals surface area contributed by atoms with Crippen molar-refractivity contribution >= 4 is 5.69 Å². The van der Waals surface area contributed by atoms with Gasteiger partial charge in [-0.2, -0.15) is 0 Å². The zero-order valence-corrected chi connectivity index (χ0v) is 11.8. The molecule has 1 unspecified atom stereocenters. The van der Waals surface area contributed by atoms with Gasteiger partial charge < -0.3 is 10.6 Å². The molecule has 2 rings (SSSR count). The van der Waals surface area contributed by atoms with E-state index in [0.29, 0.717) is 11.6 Å². The Morgan fingerprint density at radius 3 is 2.47 bits per heavy atom. The molecule has 0 amide bonds. The lowest BCUT2D eigenvalue weighted by Gasteiger charge is -2.27. The van der Waals surface area contributed by atoms with Crippen LogP contribution in [-0.2, 0) is 6.54 Å². The summed E-state index contributed by atoms with van der Waals surface area (Å²) in [5, 5.41) is 0. The van der Waals surface area contributed by atoms with Crippen LogP contribution in [0.4, 0.5) is 14.5 Å². The number of nitrogens with zero attached hydrogens (tertiary/aromatic N) is 1. The van der Waals surface area contributed by atoms with Crippen LogP contribution in [-0.4, -0.2) is 13.1 Å². The van der Waals surface area contributed by atoms with Crippen molar-refractivity contribution in [3.8, 4) is 0 Å². The molecule has 1 aromatic rings. The molecule has 2 nitrogen and oxygen atoms in total. The van der Waals surface area contributed by atoms with Gasteiger partial charge in [0.2, 0.25) is 0 Å². The Hall–Kier alpha value is -1.16. The largest absolute Gasteiger partial charge is 0.369 e. The van der Waals surface area contributed by atoms with Gasteiger partial charge in [-0.3, -0.25) is 0 Å². The lowest BCUT2D eigenvalue weighted by molar-refractivity contribution is 0.263. The molecule has 0 saturated carbocycles. The molecule has 0 spiro atoms. The van der Waals surface area contributed by atoms with Crippen molar-refractivity contribution < 1.29 is 8.78 Å². The summed E-state index contributed by atoms with van der Waals surface area (Å²) in [6.45, 7) is 8.15. The molecule has 1 aliphatic heterocycles. The zero-order valence-electron chi connectivity index (χ0n) is 11.8. The second-order valence-corrected chi connectivity index (χ2v) is 6.37. The van der Waals surface area contributed by atoms with E-state index in [9.17, 15) is 8.78 Å². The van der Waals surface area contributed by atoms with E-state index in [0.717, 1.165) is 19.5 Å². The summed E-state index contributed by atoms with van der Waals surface area (Å²) in [5.74, 6) is -1.07. The minimum absolute atomic E-state index is 0.0215. The van der Waals surface area contributed by atoms with Gasteiger partial charge in [0.25, 0.3) is 0 Å². The fourth-order valence-corrected chi connectivity index (χ4v) is 2.67. The third-order valence-electron chi connectivity index (χ3n) is 4.12. The Labute approximate surface area is 113 Å². The maximum atomic E-state index is 14.1. The molecule has 1 atom stereocenters. The van der Waals surface area contributed by atoms with Crippen molar-refractivity contribution in [2.24, 2.45) is 17.1 Å². The Morgan fingerprint density at radius 1 is 1.26 bits per heavy atom. The maximum absolute atomic E-state index is 14.1. The molecule has 0 aliphatic carbocycles. The molecule has 4 heteroatoms. The summed E-state index contributed by atoms with van der Waals surface area (Å²) in [6, 6.07) is 3.23. The predicted octanol–water partition coefficient (Wildman–Crippen LogP) is 3.30. The highest BCUT2D eigenvalue weighted by molar-refractivity contribution is 5.50. The molecule has 19 heavy (non-hydrogen) atoms. The van der Waals surface area contributed by atoms with Crippen LogP contribution in [0.5, 0.6) is 0 Å². The molecule has 2 N–H and O–H groups in total. The standard InChI is InChI=1S/C15H22F2N2/c1-15(2,3)11-6-7-19(9-11)12-5-4-10(8-18)13(16)14(12)17/h4-5,11H,6-9,18H2,1-3H3. The number of hydrogen-bond acceptors (Lipinski definition) is 2. The Kier molecular flexibility index (Phi) is 3.81. The van der Waals surface area contributed by atoms with Crippen molar-refractivity contribution in [2.45, 2.75) is 33.7 Å². The van der Waals surface area contributed by atoms with E-state index in [1.54, 1.807) is 12.1 Å². The molecule has 106 valence electrons. The first-order valence-electron chi connectivity index (χ1n) is 6.76. The van der Waals surface area contributed by atoms with Crippen LogP contribution in [0.15, 0.2) is 12.1 Å². The highest BCUT2D eigenvalue weighted by atomic mass is 19.2. The number of benzene rings is 1. The molecule has 0 radical (unpaired) electrons. The topological polar surface area (TPSA) is 29.3 Å². The fraction of sp³-hybridized carbons (Fsp3) is 0.600. The van der Waals surface area contributed by atoms with E-state index in [2.05, 4.69) is 20.8 Å². The summed E-state index contributed by atoms with van der Waals surface area (Å²) in [6.07, 6.45) is 1.02. The van der Waals surface area contributed by atoms with Crippen LogP contribution in [0, 0.1) is 23.0 Å². The lowest BCUT2D eigenvalue weighted by Crippen LogP contribution is -2.26. The van der Waals surface area contributed by atoms with E-state index in [1.165, 1.54) is 0 Å². The molecule has 0 bridgehead atoms. The van der Waals surface area contributed by atoms with Crippen LogP contribution < -0.4 is 10.6 Å². The van der Waals surface area contributed by atoms with Gasteiger partial charge in [-0.05, 0) is 23.8 Å². The maximum Gasteiger partial charge on any atom is 0.182 e. The van der Waals surface area contributed by atoms with Gasteiger partial charge in [0.05, 0.1) is 5.69 Å². The Bertz CT molecular complexity index is 466. The van der Waals surface area contributed by atoms with Crippen molar-refractivity contribution in [1.29, 1.82) is 0 Å². The molecule has 1 heterocycles. The van der Waals surface area contributed by atoms with Crippen LogP contribution in [0.25, 0.3) is 0 Å². The van der Waals surface area contributed by atoms with E-state index in [4.69, 9.17) is 5.73 Å². The van der Waals surface area contributed by atoms with E-state index >= 15 is 0 Å². The summed E-state index contributed by atoms with van der Waals surface area (Å²) in [4.78, 5) is 1.94. The van der Waals surface area contributed by atoms with Gasteiger partial charge in [-0.1, -0.05) is 26.8 Å². The summed E-state index contributed by atoms with van der Waals surface area (Å²) < 4.78 is 27.8. The van der Waals surface area contributed by atoms with Crippen molar-refractivity contribution in [2.75, 3.05) is 18.0 Å². The van der Waals surface area contributed by atoms with Crippen LogP contribution >= 0.6 is 0 Å². The third kappa shape index (κ3) is 2.73. The van der Waals surface area contributed by atoms with Gasteiger partial charge in [-0.25, -0.2) is 8.78 Å². The lowest BCUT2D eigenvalue weighted by atomic mass is 9.80. The van der Waals surface area contributed by atoms with Gasteiger partial charge in [-0.15, -0.1) is 0 Å². The average molecular weight is 268 g/mol. The molecular formula is C15H22F2N2. The van der Waals surface area contributed by atoms with Crippen molar-refractivity contribution in [3.05, 3.63) is 29.3 Å². The quantitative estimate of drug-likeness (QED) is 0.891. The number of halogens is 2. The second-order valence-electron chi connectivity index (χ2n) is 6.37. The van der Waals surface area contributed by atoms with E-state index < -0.39 is 11.6 Å². The second kappa shape index (κ2) is 5.08. The number of rotatable bonds is 2. The normalized spacial score (nSPS) is 20.1. The number of anilines is 1. The summed E-state index contributed by atoms with van der Waals surface area (Å²) >= 11 is 0. The van der Waals surface area contributed by atoms with E-state index in [-0.39, 0.29) is 17.5 Å². The van der Waals surface area contributed by atoms with Gasteiger partial charge in [0.15, 0.2) is 11.6 Å². The highest BCUT2D eigenvalue weighted by Gasteiger charge is 2.33. The third-order valence-corrected chi connectivity index (χ3v) is 4.12. The smallest absolute Gasteiger partial charge is 0.182 e. The zero-order chi connectivity index (χ0) is 14.2. The number of hydrogen-bond donors (Lipinski definition) is 1. The number of nitrogens with two attached hydrogens (primary N) is 1. The molecule has 0 aromatic heterocycles. The van der Waals surface area contributed by atoms with Gasteiger partial charge in [0.1, 0.15) is 0 Å². The van der Waals surface area contributed by atoms with Gasteiger partial charge >= 0.3 is 0 Å². The highest BCUT2D eigenvalue weighted by Crippen LogP contribution is 2.36. The minimum Gasteiger partial charge on any atom is -0.369 e. The SMILES string of the molecule is CC(C)(C)C1CCN(c2ccc(CN)c(F)c2F)C1. The van der Waals surface area contributed by atoms with Gasteiger partial charge in [0, 0.05) is 25.2 Å². The first kappa shape index (κ1) is 14.3. The molecule has 1 aliphatic rings. The predicted molar refractivity (Wildman–Crippen MR) is 74.0 cm³/mol. The molecule has 1 fully saturated rings.